The number of aryl methyl sites for hydroxylation is 2. The summed E-state index contributed by atoms with van der Waals surface area (Å²) in [6, 6.07) is 14.4. The molecule has 0 aliphatic heterocycles. The van der Waals surface area contributed by atoms with Crippen molar-refractivity contribution in [3.05, 3.63) is 59.4 Å². The fraction of sp³-hybridized carbons (Fsp3) is 0.360. The van der Waals surface area contributed by atoms with Gasteiger partial charge in [-0.2, -0.15) is 0 Å². The molecular formula is C25H30N4O. The number of imidazole rings is 1. The molecule has 0 saturated heterocycles. The Morgan fingerprint density at radius 3 is 2.67 bits per heavy atom. The van der Waals surface area contributed by atoms with E-state index in [0.29, 0.717) is 18.3 Å². The summed E-state index contributed by atoms with van der Waals surface area (Å²) in [6.45, 7) is 10.2. The second kappa shape index (κ2) is 8.34. The zero-order chi connectivity index (χ0) is 21.3. The average molecular weight is 403 g/mol. The van der Waals surface area contributed by atoms with E-state index in [1.165, 1.54) is 5.56 Å². The van der Waals surface area contributed by atoms with Gasteiger partial charge in [0.15, 0.2) is 5.82 Å². The molecule has 5 heteroatoms. The largest absolute Gasteiger partial charge is 0.489 e. The van der Waals surface area contributed by atoms with Crippen LogP contribution in [0.2, 0.25) is 0 Å². The number of hydrogen-bond donors (Lipinski definition) is 1. The lowest BCUT2D eigenvalue weighted by Gasteiger charge is -2.13. The summed E-state index contributed by atoms with van der Waals surface area (Å²) in [7, 11) is 0. The molecule has 2 aromatic carbocycles. The Morgan fingerprint density at radius 2 is 1.93 bits per heavy atom. The van der Waals surface area contributed by atoms with Crippen LogP contribution in [0.5, 0.6) is 5.75 Å². The number of aromatic nitrogens is 3. The lowest BCUT2D eigenvalue weighted by atomic mass is 10.1. The minimum Gasteiger partial charge on any atom is -0.489 e. The van der Waals surface area contributed by atoms with Crippen molar-refractivity contribution in [2.24, 2.45) is 5.92 Å². The summed E-state index contributed by atoms with van der Waals surface area (Å²) in [4.78, 5) is 9.51. The van der Waals surface area contributed by atoms with Crippen molar-refractivity contribution in [2.45, 2.75) is 53.7 Å². The van der Waals surface area contributed by atoms with E-state index in [-0.39, 0.29) is 0 Å². The highest BCUT2D eigenvalue weighted by molar-refractivity contribution is 6.06. The molecule has 0 aliphatic rings. The average Bonchev–Trinajstić information content (AvgIpc) is 3.05. The third-order valence-electron chi connectivity index (χ3n) is 5.26. The normalized spacial score (nSPS) is 11.6. The van der Waals surface area contributed by atoms with Crippen LogP contribution in [-0.4, -0.2) is 14.5 Å². The predicted octanol–water partition coefficient (Wildman–Crippen LogP) is 5.66. The SMILES string of the molecule is CCCc1nc2c(N)nc3cc(OCc4cccc(C)c4)ccc3c2n1CC(C)C. The second-order valence-electron chi connectivity index (χ2n) is 8.43. The van der Waals surface area contributed by atoms with Crippen LogP contribution in [0, 0.1) is 12.8 Å². The molecule has 156 valence electrons. The number of pyridine rings is 1. The van der Waals surface area contributed by atoms with E-state index in [4.69, 9.17) is 15.5 Å². The number of nitrogens with zero attached hydrogens (tertiary/aromatic N) is 3. The van der Waals surface area contributed by atoms with Gasteiger partial charge in [0.05, 0.1) is 11.0 Å². The third-order valence-corrected chi connectivity index (χ3v) is 5.26. The minimum atomic E-state index is 0.480. The van der Waals surface area contributed by atoms with Crippen LogP contribution in [0.4, 0.5) is 5.82 Å². The number of ether oxygens (including phenoxy) is 1. The number of fused-ring (bicyclic) bond motifs is 3. The van der Waals surface area contributed by atoms with E-state index < -0.39 is 0 Å². The third kappa shape index (κ3) is 3.97. The fourth-order valence-corrected chi connectivity index (χ4v) is 3.97. The Labute approximate surface area is 177 Å². The summed E-state index contributed by atoms with van der Waals surface area (Å²) in [5.74, 6) is 2.87. The number of nitrogen functional groups attached to an aromatic ring is 1. The van der Waals surface area contributed by atoms with E-state index in [0.717, 1.165) is 58.5 Å². The maximum atomic E-state index is 6.34. The van der Waals surface area contributed by atoms with Crippen LogP contribution in [0.15, 0.2) is 42.5 Å². The first-order valence-corrected chi connectivity index (χ1v) is 10.7. The minimum absolute atomic E-state index is 0.480. The highest BCUT2D eigenvalue weighted by Crippen LogP contribution is 2.32. The molecule has 2 N–H and O–H groups in total. The summed E-state index contributed by atoms with van der Waals surface area (Å²) < 4.78 is 8.37. The topological polar surface area (TPSA) is 66.0 Å². The Morgan fingerprint density at radius 1 is 1.10 bits per heavy atom. The number of benzene rings is 2. The van der Waals surface area contributed by atoms with Gasteiger partial charge in [-0.05, 0) is 37.0 Å². The number of anilines is 1. The molecule has 0 bridgehead atoms. The molecule has 0 atom stereocenters. The van der Waals surface area contributed by atoms with Crippen LogP contribution in [0.25, 0.3) is 21.9 Å². The van der Waals surface area contributed by atoms with Gasteiger partial charge in [0, 0.05) is 24.4 Å². The molecular weight excluding hydrogens is 372 g/mol. The fourth-order valence-electron chi connectivity index (χ4n) is 3.97. The molecule has 0 spiro atoms. The Hall–Kier alpha value is -3.08. The first-order valence-electron chi connectivity index (χ1n) is 10.7. The van der Waals surface area contributed by atoms with Crippen molar-refractivity contribution < 1.29 is 4.74 Å². The summed E-state index contributed by atoms with van der Waals surface area (Å²) in [6.07, 6.45) is 1.98. The van der Waals surface area contributed by atoms with E-state index in [1.54, 1.807) is 0 Å². The zero-order valence-corrected chi connectivity index (χ0v) is 18.3. The van der Waals surface area contributed by atoms with Crippen LogP contribution in [-0.2, 0) is 19.6 Å². The standard InChI is InChI=1S/C25H30N4O/c1-5-7-22-28-23-24(29(22)14-16(2)3)20-11-10-19(13-21(20)27-25(23)26)30-15-18-9-6-8-17(4)12-18/h6,8-13,16H,5,7,14-15H2,1-4H3,(H2,26,27). The van der Waals surface area contributed by atoms with Gasteiger partial charge in [0.2, 0.25) is 0 Å². The van der Waals surface area contributed by atoms with Gasteiger partial charge >= 0.3 is 0 Å². The lowest BCUT2D eigenvalue weighted by Crippen LogP contribution is -2.09. The van der Waals surface area contributed by atoms with Crippen LogP contribution in [0.3, 0.4) is 0 Å². The predicted molar refractivity (Wildman–Crippen MR) is 124 cm³/mol. The van der Waals surface area contributed by atoms with Gasteiger partial charge < -0.3 is 15.0 Å². The molecule has 0 amide bonds. The second-order valence-corrected chi connectivity index (χ2v) is 8.43. The maximum Gasteiger partial charge on any atom is 0.152 e. The van der Waals surface area contributed by atoms with Crippen molar-refractivity contribution in [1.29, 1.82) is 0 Å². The number of rotatable bonds is 7. The molecule has 0 unspecified atom stereocenters. The van der Waals surface area contributed by atoms with E-state index >= 15 is 0 Å². The van der Waals surface area contributed by atoms with Crippen molar-refractivity contribution in [2.75, 3.05) is 5.73 Å². The molecule has 4 aromatic rings. The quantitative estimate of drug-likeness (QED) is 0.433. The van der Waals surface area contributed by atoms with Crippen LogP contribution in [0.1, 0.15) is 44.1 Å². The lowest BCUT2D eigenvalue weighted by molar-refractivity contribution is 0.306. The van der Waals surface area contributed by atoms with E-state index in [1.807, 2.05) is 12.1 Å². The molecule has 0 saturated carbocycles. The van der Waals surface area contributed by atoms with E-state index in [2.05, 4.69) is 67.6 Å². The number of hydrogen-bond acceptors (Lipinski definition) is 4. The molecule has 5 nitrogen and oxygen atoms in total. The van der Waals surface area contributed by atoms with E-state index in [9.17, 15) is 0 Å². The Bertz CT molecular complexity index is 1190. The van der Waals surface area contributed by atoms with Gasteiger partial charge in [0.1, 0.15) is 23.7 Å². The van der Waals surface area contributed by atoms with Crippen LogP contribution >= 0.6 is 0 Å². The smallest absolute Gasteiger partial charge is 0.152 e. The van der Waals surface area contributed by atoms with Crippen molar-refractivity contribution in [1.82, 2.24) is 14.5 Å². The zero-order valence-electron chi connectivity index (χ0n) is 18.3. The first-order chi connectivity index (χ1) is 14.5. The monoisotopic (exact) mass is 402 g/mol. The molecule has 4 rings (SSSR count). The summed E-state index contributed by atoms with van der Waals surface area (Å²) in [5, 5.41) is 1.07. The molecule has 0 radical (unpaired) electrons. The van der Waals surface area contributed by atoms with Crippen molar-refractivity contribution in [3.63, 3.8) is 0 Å². The Kier molecular flexibility index (Phi) is 5.62. The summed E-state index contributed by atoms with van der Waals surface area (Å²) in [5.41, 5.74) is 11.4. The molecule has 30 heavy (non-hydrogen) atoms. The first kappa shape index (κ1) is 20.2. The van der Waals surface area contributed by atoms with Gasteiger partial charge in [0.25, 0.3) is 0 Å². The maximum absolute atomic E-state index is 6.34. The van der Waals surface area contributed by atoms with Crippen molar-refractivity contribution >= 4 is 27.8 Å². The van der Waals surface area contributed by atoms with Crippen molar-refractivity contribution in [3.8, 4) is 5.75 Å². The summed E-state index contributed by atoms with van der Waals surface area (Å²) >= 11 is 0. The molecule has 0 aliphatic carbocycles. The van der Waals surface area contributed by atoms with Crippen LogP contribution < -0.4 is 10.5 Å². The molecule has 0 fully saturated rings. The van der Waals surface area contributed by atoms with Gasteiger partial charge in [-0.15, -0.1) is 0 Å². The number of nitrogens with two attached hydrogens (primary N) is 1. The highest BCUT2D eigenvalue weighted by Gasteiger charge is 2.18. The van der Waals surface area contributed by atoms with Gasteiger partial charge in [-0.1, -0.05) is 50.6 Å². The molecule has 2 aromatic heterocycles. The molecule has 2 heterocycles. The van der Waals surface area contributed by atoms with Gasteiger partial charge in [-0.25, -0.2) is 9.97 Å². The highest BCUT2D eigenvalue weighted by atomic mass is 16.5. The Balaban J connectivity index is 1.76. The van der Waals surface area contributed by atoms with Gasteiger partial charge in [-0.3, -0.25) is 0 Å².